The second kappa shape index (κ2) is 8.12. The van der Waals surface area contributed by atoms with E-state index in [-0.39, 0.29) is 24.2 Å². The largest absolute Gasteiger partial charge is 0.497 e. The van der Waals surface area contributed by atoms with Crippen LogP contribution in [0.25, 0.3) is 0 Å². The van der Waals surface area contributed by atoms with Crippen LogP contribution in [0.1, 0.15) is 13.3 Å². The Morgan fingerprint density at radius 2 is 2.00 bits per heavy atom. The summed E-state index contributed by atoms with van der Waals surface area (Å²) in [5.74, 6) is 0.194. The molecule has 3 rings (SSSR count). The van der Waals surface area contributed by atoms with Crippen LogP contribution in [0, 0.1) is 5.92 Å². The third-order valence-electron chi connectivity index (χ3n) is 4.91. The fraction of sp³-hybridized carbons (Fsp3) is 0.333. The number of amides is 2. The summed E-state index contributed by atoms with van der Waals surface area (Å²) < 4.78 is 5.15. The van der Waals surface area contributed by atoms with Crippen molar-refractivity contribution in [3.8, 4) is 5.75 Å². The van der Waals surface area contributed by atoms with Crippen LogP contribution < -0.4 is 19.9 Å². The summed E-state index contributed by atoms with van der Waals surface area (Å²) in [5.41, 5.74) is 2.56. The number of rotatable bonds is 6. The minimum absolute atomic E-state index is 0.0419. The Kier molecular flexibility index (Phi) is 5.64. The molecule has 0 aliphatic carbocycles. The number of hydrogen-bond donors (Lipinski definition) is 1. The predicted molar refractivity (Wildman–Crippen MR) is 107 cm³/mol. The van der Waals surface area contributed by atoms with Gasteiger partial charge in [0.2, 0.25) is 11.8 Å². The molecule has 6 nitrogen and oxygen atoms in total. The van der Waals surface area contributed by atoms with Gasteiger partial charge in [0, 0.05) is 43.6 Å². The van der Waals surface area contributed by atoms with Crippen molar-refractivity contribution < 1.29 is 14.3 Å². The number of nitrogens with zero attached hydrogens (tertiary/aromatic N) is 2. The van der Waals surface area contributed by atoms with Crippen LogP contribution in [0.2, 0.25) is 0 Å². The molecule has 1 heterocycles. The van der Waals surface area contributed by atoms with Crippen LogP contribution in [0.4, 0.5) is 17.1 Å². The summed E-state index contributed by atoms with van der Waals surface area (Å²) >= 11 is 0. The van der Waals surface area contributed by atoms with Gasteiger partial charge in [0.25, 0.3) is 0 Å². The molecule has 2 aromatic rings. The molecule has 0 spiro atoms. The molecule has 1 unspecified atom stereocenters. The Morgan fingerprint density at radius 1 is 1.26 bits per heavy atom. The first-order valence-corrected chi connectivity index (χ1v) is 9.08. The zero-order chi connectivity index (χ0) is 19.4. The van der Waals surface area contributed by atoms with Crippen molar-refractivity contribution in [2.75, 3.05) is 42.4 Å². The zero-order valence-electron chi connectivity index (χ0n) is 15.9. The number of methoxy groups -OCH3 is 1. The maximum absolute atomic E-state index is 12.7. The summed E-state index contributed by atoms with van der Waals surface area (Å²) in [6.45, 7) is 3.33. The number of hydrogen-bond acceptors (Lipinski definition) is 4. The lowest BCUT2D eigenvalue weighted by Gasteiger charge is -2.19. The van der Waals surface area contributed by atoms with Gasteiger partial charge in [0.15, 0.2) is 0 Å². The van der Waals surface area contributed by atoms with Crippen molar-refractivity contribution in [3.63, 3.8) is 0 Å². The second-order valence-electron chi connectivity index (χ2n) is 6.66. The van der Waals surface area contributed by atoms with Gasteiger partial charge in [0.05, 0.1) is 13.0 Å². The third kappa shape index (κ3) is 4.22. The van der Waals surface area contributed by atoms with Gasteiger partial charge >= 0.3 is 0 Å². The summed E-state index contributed by atoms with van der Waals surface area (Å²) in [6.07, 6.45) is 0.215. The van der Waals surface area contributed by atoms with Crippen LogP contribution in [0.5, 0.6) is 5.75 Å². The predicted octanol–water partition coefficient (Wildman–Crippen LogP) is 3.14. The normalized spacial score (nSPS) is 16.3. The van der Waals surface area contributed by atoms with E-state index < -0.39 is 0 Å². The van der Waals surface area contributed by atoms with Crippen molar-refractivity contribution in [3.05, 3.63) is 48.5 Å². The first kappa shape index (κ1) is 18.8. The minimum Gasteiger partial charge on any atom is -0.497 e. The lowest BCUT2D eigenvalue weighted by atomic mass is 10.1. The molecule has 2 aromatic carbocycles. The average Bonchev–Trinajstić information content (AvgIpc) is 3.09. The molecule has 1 saturated heterocycles. The number of ether oxygens (including phenoxy) is 1. The molecule has 0 bridgehead atoms. The summed E-state index contributed by atoms with van der Waals surface area (Å²) in [6, 6.07) is 15.0. The molecule has 0 aromatic heterocycles. The van der Waals surface area contributed by atoms with E-state index in [1.165, 1.54) is 0 Å². The molecule has 0 saturated carbocycles. The van der Waals surface area contributed by atoms with Crippen molar-refractivity contribution in [1.82, 2.24) is 0 Å². The second-order valence-corrected chi connectivity index (χ2v) is 6.66. The smallest absolute Gasteiger partial charge is 0.229 e. The van der Waals surface area contributed by atoms with Gasteiger partial charge in [0.1, 0.15) is 5.75 Å². The van der Waals surface area contributed by atoms with Gasteiger partial charge in [-0.3, -0.25) is 9.59 Å². The van der Waals surface area contributed by atoms with Gasteiger partial charge < -0.3 is 19.9 Å². The zero-order valence-corrected chi connectivity index (χ0v) is 15.9. The first-order valence-electron chi connectivity index (χ1n) is 9.08. The highest BCUT2D eigenvalue weighted by molar-refractivity contribution is 6.03. The van der Waals surface area contributed by atoms with Crippen LogP contribution in [0.3, 0.4) is 0 Å². The number of benzene rings is 2. The number of carbonyl (C=O) groups excluding carboxylic acids is 2. The molecule has 1 atom stereocenters. The van der Waals surface area contributed by atoms with E-state index >= 15 is 0 Å². The van der Waals surface area contributed by atoms with Crippen molar-refractivity contribution in [2.45, 2.75) is 13.3 Å². The molecule has 142 valence electrons. The van der Waals surface area contributed by atoms with Crippen molar-refractivity contribution in [2.24, 2.45) is 5.92 Å². The van der Waals surface area contributed by atoms with E-state index in [4.69, 9.17) is 4.74 Å². The van der Waals surface area contributed by atoms with Crippen molar-refractivity contribution in [1.29, 1.82) is 0 Å². The van der Waals surface area contributed by atoms with Crippen LogP contribution >= 0.6 is 0 Å². The number of anilines is 3. The highest BCUT2D eigenvalue weighted by Gasteiger charge is 2.35. The average molecular weight is 367 g/mol. The molecule has 2 amide bonds. The molecule has 27 heavy (non-hydrogen) atoms. The van der Waals surface area contributed by atoms with Gasteiger partial charge in [-0.1, -0.05) is 6.07 Å². The quantitative estimate of drug-likeness (QED) is 0.852. The van der Waals surface area contributed by atoms with E-state index in [9.17, 15) is 9.59 Å². The van der Waals surface area contributed by atoms with Gasteiger partial charge in [-0.2, -0.15) is 0 Å². The molecular weight excluding hydrogens is 342 g/mol. The summed E-state index contributed by atoms with van der Waals surface area (Å²) in [4.78, 5) is 28.8. The summed E-state index contributed by atoms with van der Waals surface area (Å²) in [5, 5.41) is 2.95. The molecule has 1 aliphatic heterocycles. The first-order chi connectivity index (χ1) is 13.0. The van der Waals surface area contributed by atoms with Gasteiger partial charge in [-0.05, 0) is 49.4 Å². The van der Waals surface area contributed by atoms with E-state index in [0.717, 1.165) is 29.4 Å². The van der Waals surface area contributed by atoms with E-state index in [0.29, 0.717) is 6.54 Å². The molecule has 1 aliphatic rings. The Labute approximate surface area is 159 Å². The van der Waals surface area contributed by atoms with Gasteiger partial charge in [-0.25, -0.2) is 0 Å². The van der Waals surface area contributed by atoms with Crippen LogP contribution in [-0.4, -0.2) is 39.1 Å². The minimum atomic E-state index is -0.368. The number of nitrogens with one attached hydrogen (secondary N) is 1. The Balaban J connectivity index is 1.67. The summed E-state index contributed by atoms with van der Waals surface area (Å²) in [7, 11) is 3.60. The molecular formula is C21H25N3O3. The Morgan fingerprint density at radius 3 is 2.67 bits per heavy atom. The topological polar surface area (TPSA) is 61.9 Å². The Hall–Kier alpha value is -3.02. The molecule has 0 radical (unpaired) electrons. The van der Waals surface area contributed by atoms with E-state index in [1.807, 2.05) is 55.6 Å². The maximum atomic E-state index is 12.7. The van der Waals surface area contributed by atoms with Crippen LogP contribution in [-0.2, 0) is 9.59 Å². The lowest BCUT2D eigenvalue weighted by molar-refractivity contribution is -0.122. The highest BCUT2D eigenvalue weighted by atomic mass is 16.5. The third-order valence-corrected chi connectivity index (χ3v) is 4.91. The fourth-order valence-electron chi connectivity index (χ4n) is 3.14. The lowest BCUT2D eigenvalue weighted by Crippen LogP contribution is -2.28. The van der Waals surface area contributed by atoms with Crippen molar-refractivity contribution >= 4 is 28.9 Å². The monoisotopic (exact) mass is 367 g/mol. The van der Waals surface area contributed by atoms with Crippen LogP contribution in [0.15, 0.2) is 48.5 Å². The number of carbonyl (C=O) groups is 2. The fourth-order valence-corrected chi connectivity index (χ4v) is 3.14. The van der Waals surface area contributed by atoms with E-state index in [2.05, 4.69) is 17.1 Å². The molecule has 1 N–H and O–H groups in total. The highest BCUT2D eigenvalue weighted by Crippen LogP contribution is 2.28. The standard InChI is InChI=1S/C21H25N3O3/c1-4-23(2)18-7-5-6-16(13-18)22-21(26)15-12-20(25)24(14-15)17-8-10-19(27-3)11-9-17/h5-11,13,15H,4,12,14H2,1-3H3,(H,22,26). The van der Waals surface area contributed by atoms with Gasteiger partial charge in [-0.15, -0.1) is 0 Å². The van der Waals surface area contributed by atoms with E-state index in [1.54, 1.807) is 12.0 Å². The maximum Gasteiger partial charge on any atom is 0.229 e. The molecule has 1 fully saturated rings. The Bertz CT molecular complexity index is 820. The SMILES string of the molecule is CCN(C)c1cccc(NC(=O)C2CC(=O)N(c3ccc(OC)cc3)C2)c1. The molecule has 6 heteroatoms.